The minimum absolute atomic E-state index is 0.0548. The molecule has 2 rings (SSSR count). The van der Waals surface area contributed by atoms with Crippen LogP contribution in [-0.4, -0.2) is 24.2 Å². The molecule has 27 heavy (non-hydrogen) atoms. The number of carboxylic acid groups (broad SMARTS) is 1. The van der Waals surface area contributed by atoms with Crippen molar-refractivity contribution >= 4 is 27.4 Å². The Morgan fingerprint density at radius 1 is 1.00 bits per heavy atom. The second-order valence-electron chi connectivity index (χ2n) is 7.04. The van der Waals surface area contributed by atoms with Gasteiger partial charge in [0.15, 0.2) is 14.6 Å². The molecule has 146 valence electrons. The summed E-state index contributed by atoms with van der Waals surface area (Å²) in [6, 6.07) is 13.9. The van der Waals surface area contributed by atoms with Crippen LogP contribution >= 0.6 is 11.6 Å². The summed E-state index contributed by atoms with van der Waals surface area (Å²) in [6.07, 6.45) is 3.09. The van der Waals surface area contributed by atoms with E-state index in [9.17, 15) is 18.3 Å². The molecule has 0 saturated carbocycles. The zero-order chi connectivity index (χ0) is 20.1. The molecular weight excluding hydrogens is 384 g/mol. The topological polar surface area (TPSA) is 71.4 Å². The maximum absolute atomic E-state index is 12.9. The molecule has 2 aromatic carbocycles. The molecule has 0 saturated heterocycles. The normalized spacial score (nSPS) is 13.9. The molecule has 0 aliphatic heterocycles. The van der Waals surface area contributed by atoms with Crippen LogP contribution in [0.1, 0.15) is 43.7 Å². The van der Waals surface area contributed by atoms with Gasteiger partial charge in [0.05, 0.1) is 4.90 Å². The maximum atomic E-state index is 12.9. The molecular formula is C21H25ClO4S. The van der Waals surface area contributed by atoms with Gasteiger partial charge in [-0.3, -0.25) is 4.79 Å². The highest BCUT2D eigenvalue weighted by molar-refractivity contribution is 7.93. The van der Waals surface area contributed by atoms with Crippen molar-refractivity contribution in [2.75, 3.05) is 0 Å². The second-order valence-corrected chi connectivity index (χ2v) is 9.86. The fourth-order valence-electron chi connectivity index (χ4n) is 2.95. The Balaban J connectivity index is 2.00. The zero-order valence-corrected chi connectivity index (χ0v) is 17.2. The van der Waals surface area contributed by atoms with Crippen LogP contribution < -0.4 is 0 Å². The van der Waals surface area contributed by atoms with Crippen LogP contribution in [0, 0.1) is 6.92 Å². The van der Waals surface area contributed by atoms with Crippen LogP contribution in [0.2, 0.25) is 5.02 Å². The number of halogens is 1. The van der Waals surface area contributed by atoms with Gasteiger partial charge < -0.3 is 5.11 Å². The Labute approximate surface area is 166 Å². The molecule has 0 heterocycles. The summed E-state index contributed by atoms with van der Waals surface area (Å²) in [5, 5.41) is 10.3. The van der Waals surface area contributed by atoms with Gasteiger partial charge in [0, 0.05) is 5.02 Å². The van der Waals surface area contributed by atoms with Gasteiger partial charge in [0.1, 0.15) is 0 Å². The SMILES string of the molecule is Cc1ccc(S(=O)(=O)C(C)(CCCCCc2ccc(Cl)cc2)C(=O)O)cc1. The number of carbonyl (C=O) groups is 1. The molecule has 4 nitrogen and oxygen atoms in total. The quantitative estimate of drug-likeness (QED) is 0.588. The number of carboxylic acids is 1. The maximum Gasteiger partial charge on any atom is 0.325 e. The van der Waals surface area contributed by atoms with E-state index in [1.54, 1.807) is 12.1 Å². The summed E-state index contributed by atoms with van der Waals surface area (Å²) in [5.74, 6) is -1.30. The second kappa shape index (κ2) is 8.89. The summed E-state index contributed by atoms with van der Waals surface area (Å²) in [6.45, 7) is 3.16. The van der Waals surface area contributed by atoms with Crippen LogP contribution in [0.15, 0.2) is 53.4 Å². The van der Waals surface area contributed by atoms with E-state index in [1.807, 2.05) is 31.2 Å². The van der Waals surface area contributed by atoms with Crippen LogP contribution in [0.25, 0.3) is 0 Å². The predicted octanol–water partition coefficient (Wildman–Crippen LogP) is 5.07. The van der Waals surface area contributed by atoms with Crippen molar-refractivity contribution in [3.8, 4) is 0 Å². The lowest BCUT2D eigenvalue weighted by Crippen LogP contribution is -2.43. The predicted molar refractivity (Wildman–Crippen MR) is 108 cm³/mol. The molecule has 2 aromatic rings. The van der Waals surface area contributed by atoms with Crippen LogP contribution in [0.3, 0.4) is 0 Å². The van der Waals surface area contributed by atoms with Gasteiger partial charge in [-0.05, 0) is 62.9 Å². The third-order valence-corrected chi connectivity index (χ3v) is 7.62. The first-order valence-electron chi connectivity index (χ1n) is 8.96. The lowest BCUT2D eigenvalue weighted by Gasteiger charge is -2.25. The third kappa shape index (κ3) is 5.11. The van der Waals surface area contributed by atoms with Crippen molar-refractivity contribution in [3.05, 3.63) is 64.7 Å². The fraction of sp³-hybridized carbons (Fsp3) is 0.381. The van der Waals surface area contributed by atoms with E-state index in [4.69, 9.17) is 11.6 Å². The van der Waals surface area contributed by atoms with Gasteiger partial charge in [-0.25, -0.2) is 8.42 Å². The van der Waals surface area contributed by atoms with Crippen molar-refractivity contribution in [1.29, 1.82) is 0 Å². The Morgan fingerprint density at radius 3 is 2.15 bits per heavy atom. The van der Waals surface area contributed by atoms with Crippen molar-refractivity contribution < 1.29 is 18.3 Å². The van der Waals surface area contributed by atoms with E-state index in [1.165, 1.54) is 19.1 Å². The monoisotopic (exact) mass is 408 g/mol. The average Bonchev–Trinajstić information content (AvgIpc) is 2.62. The largest absolute Gasteiger partial charge is 0.480 e. The standard InChI is InChI=1S/C21H25ClO4S/c1-16-7-13-19(14-8-16)27(25,26)21(2,20(23)24)15-5-3-4-6-17-9-11-18(22)12-10-17/h7-14H,3-6,15H2,1-2H3,(H,23,24). The summed E-state index contributed by atoms with van der Waals surface area (Å²) in [5.41, 5.74) is 2.08. The van der Waals surface area contributed by atoms with E-state index < -0.39 is 20.6 Å². The Hall–Kier alpha value is -1.85. The highest BCUT2D eigenvalue weighted by Gasteiger charge is 2.46. The van der Waals surface area contributed by atoms with Crippen molar-refractivity contribution in [2.24, 2.45) is 0 Å². The van der Waals surface area contributed by atoms with E-state index in [0.717, 1.165) is 30.4 Å². The zero-order valence-electron chi connectivity index (χ0n) is 15.6. The van der Waals surface area contributed by atoms with E-state index in [-0.39, 0.29) is 11.3 Å². The first kappa shape index (κ1) is 21.5. The first-order valence-corrected chi connectivity index (χ1v) is 10.8. The molecule has 6 heteroatoms. The van der Waals surface area contributed by atoms with Gasteiger partial charge in [0.2, 0.25) is 0 Å². The van der Waals surface area contributed by atoms with Gasteiger partial charge in [-0.1, -0.05) is 54.3 Å². The number of rotatable bonds is 9. The van der Waals surface area contributed by atoms with Crippen molar-refractivity contribution in [1.82, 2.24) is 0 Å². The molecule has 1 N–H and O–H groups in total. The fourth-order valence-corrected chi connectivity index (χ4v) is 4.74. The Kier molecular flexibility index (Phi) is 7.06. The Bertz CT molecular complexity index is 873. The molecule has 0 amide bonds. The smallest absolute Gasteiger partial charge is 0.325 e. The van der Waals surface area contributed by atoms with E-state index in [2.05, 4.69) is 0 Å². The summed E-state index contributed by atoms with van der Waals surface area (Å²) in [7, 11) is -3.97. The number of aryl methyl sites for hydroxylation is 2. The van der Waals surface area contributed by atoms with Crippen LogP contribution in [0.5, 0.6) is 0 Å². The highest BCUT2D eigenvalue weighted by Crippen LogP contribution is 2.31. The number of sulfone groups is 1. The number of unbranched alkanes of at least 4 members (excludes halogenated alkanes) is 2. The molecule has 0 aromatic heterocycles. The molecule has 1 atom stereocenters. The Morgan fingerprint density at radius 2 is 1.59 bits per heavy atom. The summed E-state index contributed by atoms with van der Waals surface area (Å²) >= 11 is 5.86. The average molecular weight is 409 g/mol. The van der Waals surface area contributed by atoms with Gasteiger partial charge in [-0.15, -0.1) is 0 Å². The molecule has 0 radical (unpaired) electrons. The van der Waals surface area contributed by atoms with Crippen molar-refractivity contribution in [3.63, 3.8) is 0 Å². The molecule has 0 fully saturated rings. The van der Waals surface area contributed by atoms with Crippen molar-refractivity contribution in [2.45, 2.75) is 55.6 Å². The number of hydrogen-bond acceptors (Lipinski definition) is 3. The van der Waals surface area contributed by atoms with Crippen LogP contribution in [0.4, 0.5) is 0 Å². The molecule has 0 aliphatic carbocycles. The van der Waals surface area contributed by atoms with Gasteiger partial charge >= 0.3 is 5.97 Å². The minimum Gasteiger partial charge on any atom is -0.480 e. The minimum atomic E-state index is -3.97. The highest BCUT2D eigenvalue weighted by atomic mass is 35.5. The lowest BCUT2D eigenvalue weighted by atomic mass is 10.0. The molecule has 0 aliphatic rings. The number of aliphatic carboxylic acids is 1. The van der Waals surface area contributed by atoms with E-state index in [0.29, 0.717) is 11.4 Å². The molecule has 0 bridgehead atoms. The molecule has 0 spiro atoms. The number of hydrogen-bond donors (Lipinski definition) is 1. The van der Waals surface area contributed by atoms with E-state index >= 15 is 0 Å². The number of benzene rings is 2. The summed E-state index contributed by atoms with van der Waals surface area (Å²) in [4.78, 5) is 11.9. The lowest BCUT2D eigenvalue weighted by molar-refractivity contribution is -0.139. The first-order chi connectivity index (χ1) is 12.7. The van der Waals surface area contributed by atoms with Gasteiger partial charge in [0.25, 0.3) is 0 Å². The van der Waals surface area contributed by atoms with Gasteiger partial charge in [-0.2, -0.15) is 0 Å². The molecule has 1 unspecified atom stereocenters. The summed E-state index contributed by atoms with van der Waals surface area (Å²) < 4.78 is 24.0. The third-order valence-electron chi connectivity index (χ3n) is 4.91. The van der Waals surface area contributed by atoms with Crippen LogP contribution in [-0.2, 0) is 21.1 Å².